The van der Waals surface area contributed by atoms with Gasteiger partial charge in [-0.05, 0) is 18.2 Å². The fourth-order valence-corrected chi connectivity index (χ4v) is 1.62. The Kier molecular flexibility index (Phi) is 3.21. The largest absolute Gasteiger partial charge is 0.573 e. The minimum atomic E-state index is -4.76. The van der Waals surface area contributed by atoms with Gasteiger partial charge in [0.1, 0.15) is 5.75 Å². The smallest absolute Gasteiger partial charge is 0.405 e. The van der Waals surface area contributed by atoms with Crippen molar-refractivity contribution < 1.29 is 17.9 Å². The lowest BCUT2D eigenvalue weighted by molar-refractivity contribution is -0.274. The first-order chi connectivity index (χ1) is 8.89. The third-order valence-corrected chi connectivity index (χ3v) is 2.39. The van der Waals surface area contributed by atoms with Crippen molar-refractivity contribution in [3.05, 3.63) is 36.2 Å². The molecule has 0 atom stereocenters. The van der Waals surface area contributed by atoms with E-state index in [1.54, 1.807) is 13.2 Å². The van der Waals surface area contributed by atoms with Gasteiger partial charge in [-0.25, -0.2) is 0 Å². The highest BCUT2D eigenvalue weighted by molar-refractivity contribution is 5.71. The molecule has 1 heterocycles. The molecule has 2 rings (SSSR count). The fraction of sp³-hybridized carbons (Fsp3) is 0.154. The molecular formula is C13H9F3N2O. The van der Waals surface area contributed by atoms with Gasteiger partial charge in [0.2, 0.25) is 0 Å². The van der Waals surface area contributed by atoms with Crippen molar-refractivity contribution in [1.82, 2.24) is 9.78 Å². The number of alkyl halides is 3. The van der Waals surface area contributed by atoms with Crippen molar-refractivity contribution in [2.45, 2.75) is 6.36 Å². The second-order valence-corrected chi connectivity index (χ2v) is 3.81. The van der Waals surface area contributed by atoms with Crippen molar-refractivity contribution >= 4 is 0 Å². The fourth-order valence-electron chi connectivity index (χ4n) is 1.62. The van der Waals surface area contributed by atoms with E-state index >= 15 is 0 Å². The average molecular weight is 266 g/mol. The van der Waals surface area contributed by atoms with Gasteiger partial charge in [0.05, 0.1) is 6.20 Å². The summed E-state index contributed by atoms with van der Waals surface area (Å²) in [5.74, 6) is 2.06. The number of hydrogen-bond acceptors (Lipinski definition) is 2. The molecule has 1 aromatic carbocycles. The maximum atomic E-state index is 12.3. The summed E-state index contributed by atoms with van der Waals surface area (Å²) in [4.78, 5) is 0. The Bertz CT molecular complexity index is 638. The van der Waals surface area contributed by atoms with Gasteiger partial charge < -0.3 is 4.74 Å². The molecule has 0 saturated heterocycles. The van der Waals surface area contributed by atoms with Crippen LogP contribution in [0.15, 0.2) is 30.6 Å². The van der Waals surface area contributed by atoms with E-state index in [9.17, 15) is 13.2 Å². The standard InChI is InChI=1S/C13H9F3N2O/c1-3-9-4-5-12(19-13(14,15)16)11(6-9)10-7-17-18(2)8-10/h1,4-8H,2H3. The highest BCUT2D eigenvalue weighted by atomic mass is 19.4. The number of aromatic nitrogens is 2. The molecule has 0 aliphatic rings. The summed E-state index contributed by atoms with van der Waals surface area (Å²) in [7, 11) is 1.67. The Hall–Kier alpha value is -2.42. The van der Waals surface area contributed by atoms with Gasteiger partial charge in [-0.1, -0.05) is 5.92 Å². The van der Waals surface area contributed by atoms with Crippen LogP contribution in [0.4, 0.5) is 13.2 Å². The molecule has 0 saturated carbocycles. The number of ether oxygens (including phenoxy) is 1. The molecule has 2 aromatic rings. The van der Waals surface area contributed by atoms with Crippen LogP contribution in [0.5, 0.6) is 5.75 Å². The molecule has 6 heteroatoms. The highest BCUT2D eigenvalue weighted by Gasteiger charge is 2.32. The van der Waals surface area contributed by atoms with Gasteiger partial charge in [0.15, 0.2) is 0 Å². The molecule has 19 heavy (non-hydrogen) atoms. The minimum absolute atomic E-state index is 0.251. The SMILES string of the molecule is C#Cc1ccc(OC(F)(F)F)c(-c2cnn(C)c2)c1. The zero-order chi connectivity index (χ0) is 14.0. The lowest BCUT2D eigenvalue weighted by Crippen LogP contribution is -2.17. The first-order valence-corrected chi connectivity index (χ1v) is 5.24. The average Bonchev–Trinajstić information content (AvgIpc) is 2.74. The molecule has 0 bridgehead atoms. The highest BCUT2D eigenvalue weighted by Crippen LogP contribution is 2.34. The van der Waals surface area contributed by atoms with E-state index in [-0.39, 0.29) is 11.3 Å². The predicted octanol–water partition coefficient (Wildman–Crippen LogP) is 2.97. The van der Waals surface area contributed by atoms with Crippen LogP contribution < -0.4 is 4.74 Å². The van der Waals surface area contributed by atoms with E-state index in [4.69, 9.17) is 6.42 Å². The van der Waals surface area contributed by atoms with Crippen molar-refractivity contribution in [3.63, 3.8) is 0 Å². The van der Waals surface area contributed by atoms with Crippen LogP contribution in [0.2, 0.25) is 0 Å². The Balaban J connectivity index is 2.52. The van der Waals surface area contributed by atoms with Crippen LogP contribution in [0.1, 0.15) is 5.56 Å². The number of halogens is 3. The molecule has 0 amide bonds. The van der Waals surface area contributed by atoms with Crippen LogP contribution in [0.3, 0.4) is 0 Å². The maximum absolute atomic E-state index is 12.3. The predicted molar refractivity (Wildman–Crippen MR) is 63.3 cm³/mol. The third kappa shape index (κ3) is 3.07. The molecule has 0 aliphatic carbocycles. The molecule has 98 valence electrons. The Labute approximate surface area is 107 Å². The second kappa shape index (κ2) is 4.69. The molecule has 1 aromatic heterocycles. The summed E-state index contributed by atoms with van der Waals surface area (Å²) in [6.45, 7) is 0. The zero-order valence-corrected chi connectivity index (χ0v) is 9.90. The normalized spacial score (nSPS) is 11.1. The zero-order valence-electron chi connectivity index (χ0n) is 9.90. The van der Waals surface area contributed by atoms with Crippen LogP contribution in [-0.2, 0) is 7.05 Å². The molecule has 3 nitrogen and oxygen atoms in total. The van der Waals surface area contributed by atoms with Gasteiger partial charge in [-0.3, -0.25) is 4.68 Å². The topological polar surface area (TPSA) is 27.1 Å². The summed E-state index contributed by atoms with van der Waals surface area (Å²) < 4.78 is 42.5. The van der Waals surface area contributed by atoms with E-state index < -0.39 is 6.36 Å². The quantitative estimate of drug-likeness (QED) is 0.781. The lowest BCUT2D eigenvalue weighted by atomic mass is 10.1. The number of rotatable bonds is 2. The second-order valence-electron chi connectivity index (χ2n) is 3.81. The molecule has 0 aliphatic heterocycles. The van der Waals surface area contributed by atoms with Crippen LogP contribution in [0, 0.1) is 12.3 Å². The van der Waals surface area contributed by atoms with Gasteiger partial charge >= 0.3 is 6.36 Å². The molecule has 0 unspecified atom stereocenters. The van der Waals surface area contributed by atoms with E-state index in [1.807, 2.05) is 0 Å². The molecule has 0 radical (unpaired) electrons. The van der Waals surface area contributed by atoms with Gasteiger partial charge in [-0.2, -0.15) is 5.10 Å². The number of benzene rings is 1. The summed E-state index contributed by atoms with van der Waals surface area (Å²) in [5, 5.41) is 3.91. The number of hydrogen-bond donors (Lipinski definition) is 0. The van der Waals surface area contributed by atoms with E-state index in [0.29, 0.717) is 11.1 Å². The van der Waals surface area contributed by atoms with E-state index in [0.717, 1.165) is 0 Å². The molecule has 0 spiro atoms. The Morgan fingerprint density at radius 3 is 2.63 bits per heavy atom. The van der Waals surface area contributed by atoms with Gasteiger partial charge in [-0.15, -0.1) is 19.6 Å². The first-order valence-electron chi connectivity index (χ1n) is 5.24. The number of aryl methyl sites for hydroxylation is 1. The van der Waals surface area contributed by atoms with Crippen molar-refractivity contribution in [2.75, 3.05) is 0 Å². The van der Waals surface area contributed by atoms with Crippen molar-refractivity contribution in [2.24, 2.45) is 7.05 Å². The van der Waals surface area contributed by atoms with Crippen LogP contribution in [0.25, 0.3) is 11.1 Å². The van der Waals surface area contributed by atoms with E-state index in [1.165, 1.54) is 29.1 Å². The van der Waals surface area contributed by atoms with Crippen molar-refractivity contribution in [3.8, 4) is 29.2 Å². The van der Waals surface area contributed by atoms with E-state index in [2.05, 4.69) is 15.8 Å². The maximum Gasteiger partial charge on any atom is 0.573 e. The third-order valence-electron chi connectivity index (χ3n) is 2.39. The summed E-state index contributed by atoms with van der Waals surface area (Å²) >= 11 is 0. The number of nitrogens with zero attached hydrogens (tertiary/aromatic N) is 2. The summed E-state index contributed by atoms with van der Waals surface area (Å²) in [6, 6.07) is 4.05. The summed E-state index contributed by atoms with van der Waals surface area (Å²) in [6.07, 6.45) is 3.52. The van der Waals surface area contributed by atoms with Gasteiger partial charge in [0, 0.05) is 29.9 Å². The van der Waals surface area contributed by atoms with Crippen LogP contribution in [-0.4, -0.2) is 16.1 Å². The van der Waals surface area contributed by atoms with Gasteiger partial charge in [0.25, 0.3) is 0 Å². The first kappa shape index (κ1) is 13.0. The Morgan fingerprint density at radius 1 is 1.37 bits per heavy atom. The molecule has 0 fully saturated rings. The van der Waals surface area contributed by atoms with Crippen molar-refractivity contribution in [1.29, 1.82) is 0 Å². The summed E-state index contributed by atoms with van der Waals surface area (Å²) in [5.41, 5.74) is 1.22. The lowest BCUT2D eigenvalue weighted by Gasteiger charge is -2.12. The number of terminal acetylenes is 1. The molecular weight excluding hydrogens is 257 g/mol. The monoisotopic (exact) mass is 266 g/mol. The molecule has 0 N–H and O–H groups in total. The van der Waals surface area contributed by atoms with Crippen LogP contribution >= 0.6 is 0 Å². The Morgan fingerprint density at radius 2 is 2.11 bits per heavy atom. The minimum Gasteiger partial charge on any atom is -0.405 e.